The third kappa shape index (κ3) is 4.54. The van der Waals surface area contributed by atoms with E-state index in [-0.39, 0.29) is 13.4 Å². The van der Waals surface area contributed by atoms with Crippen molar-refractivity contribution in [1.82, 2.24) is 0 Å². The van der Waals surface area contributed by atoms with Crippen molar-refractivity contribution in [2.75, 3.05) is 25.8 Å². The van der Waals surface area contributed by atoms with E-state index < -0.39 is 11.9 Å². The Hall–Kier alpha value is -3.48. The molecule has 26 heavy (non-hydrogen) atoms. The standard InChI is InChI=1S/C19H17NO6/c1-23-15-6-4-14(5-7-15)20-18(21)11-24-19(22)9-3-13-2-8-16-17(10-13)26-12-25-16/h2-10H,11-12H2,1H3,(H,20,21). The predicted molar refractivity (Wildman–Crippen MR) is 94.2 cm³/mol. The summed E-state index contributed by atoms with van der Waals surface area (Å²) < 4.78 is 20.4. The monoisotopic (exact) mass is 355 g/mol. The van der Waals surface area contributed by atoms with Crippen molar-refractivity contribution in [3.8, 4) is 17.2 Å². The van der Waals surface area contributed by atoms with Gasteiger partial charge in [0.15, 0.2) is 18.1 Å². The highest BCUT2D eigenvalue weighted by Crippen LogP contribution is 2.32. The lowest BCUT2D eigenvalue weighted by molar-refractivity contribution is -0.142. The maximum atomic E-state index is 11.8. The number of nitrogens with one attached hydrogen (secondary N) is 1. The molecule has 0 aromatic heterocycles. The van der Waals surface area contributed by atoms with Gasteiger partial charge in [-0.3, -0.25) is 4.79 Å². The first-order valence-electron chi connectivity index (χ1n) is 7.82. The summed E-state index contributed by atoms with van der Waals surface area (Å²) in [6.45, 7) is -0.190. The Morgan fingerprint density at radius 2 is 1.88 bits per heavy atom. The summed E-state index contributed by atoms with van der Waals surface area (Å²) in [5, 5.41) is 2.62. The van der Waals surface area contributed by atoms with Gasteiger partial charge in [-0.2, -0.15) is 0 Å². The Morgan fingerprint density at radius 1 is 1.12 bits per heavy atom. The van der Waals surface area contributed by atoms with E-state index in [1.807, 2.05) is 0 Å². The third-order valence-corrected chi connectivity index (χ3v) is 3.53. The second kappa shape index (κ2) is 8.06. The summed E-state index contributed by atoms with van der Waals surface area (Å²) in [5.41, 5.74) is 1.34. The molecule has 0 saturated heterocycles. The maximum absolute atomic E-state index is 11.8. The zero-order chi connectivity index (χ0) is 18.4. The Labute approximate surface area is 150 Å². The van der Waals surface area contributed by atoms with Crippen LogP contribution in [0.5, 0.6) is 17.2 Å². The molecule has 1 amide bonds. The van der Waals surface area contributed by atoms with E-state index in [2.05, 4.69) is 5.32 Å². The van der Waals surface area contributed by atoms with Crippen molar-refractivity contribution in [3.63, 3.8) is 0 Å². The molecule has 0 fully saturated rings. The van der Waals surface area contributed by atoms with Crippen LogP contribution < -0.4 is 19.5 Å². The summed E-state index contributed by atoms with van der Waals surface area (Å²) in [7, 11) is 1.56. The fourth-order valence-corrected chi connectivity index (χ4v) is 2.24. The van der Waals surface area contributed by atoms with Gasteiger partial charge in [0, 0.05) is 11.8 Å². The van der Waals surface area contributed by atoms with Crippen molar-refractivity contribution in [2.24, 2.45) is 0 Å². The number of ether oxygens (including phenoxy) is 4. The number of benzene rings is 2. The zero-order valence-corrected chi connectivity index (χ0v) is 14.1. The van der Waals surface area contributed by atoms with Gasteiger partial charge in [0.1, 0.15) is 5.75 Å². The van der Waals surface area contributed by atoms with E-state index in [9.17, 15) is 9.59 Å². The first-order valence-corrected chi connectivity index (χ1v) is 7.82. The Morgan fingerprint density at radius 3 is 2.65 bits per heavy atom. The van der Waals surface area contributed by atoms with Gasteiger partial charge in [-0.15, -0.1) is 0 Å². The SMILES string of the molecule is COc1ccc(NC(=O)COC(=O)C=Cc2ccc3c(c2)OCO3)cc1. The van der Waals surface area contributed by atoms with Crippen LogP contribution in [0.15, 0.2) is 48.5 Å². The van der Waals surface area contributed by atoms with Crippen molar-refractivity contribution in [2.45, 2.75) is 0 Å². The molecule has 2 aromatic carbocycles. The van der Waals surface area contributed by atoms with Gasteiger partial charge in [0.2, 0.25) is 6.79 Å². The molecule has 7 nitrogen and oxygen atoms in total. The highest BCUT2D eigenvalue weighted by molar-refractivity contribution is 5.94. The molecule has 0 bridgehead atoms. The molecule has 134 valence electrons. The van der Waals surface area contributed by atoms with E-state index >= 15 is 0 Å². The Bertz CT molecular complexity index is 828. The van der Waals surface area contributed by atoms with Crippen LogP contribution in [-0.4, -0.2) is 32.4 Å². The highest BCUT2D eigenvalue weighted by Gasteiger charge is 2.12. The molecule has 1 aliphatic heterocycles. The van der Waals surface area contributed by atoms with Crippen LogP contribution in [0, 0.1) is 0 Å². The van der Waals surface area contributed by atoms with E-state index in [4.69, 9.17) is 18.9 Å². The minimum Gasteiger partial charge on any atom is -0.497 e. The normalized spacial score (nSPS) is 12.0. The quantitative estimate of drug-likeness (QED) is 0.633. The number of methoxy groups -OCH3 is 1. The van der Waals surface area contributed by atoms with Crippen molar-refractivity contribution in [1.29, 1.82) is 0 Å². The van der Waals surface area contributed by atoms with Crippen LogP contribution in [-0.2, 0) is 14.3 Å². The van der Waals surface area contributed by atoms with Gasteiger partial charge in [0.05, 0.1) is 7.11 Å². The summed E-state index contributed by atoms with van der Waals surface area (Å²) in [4.78, 5) is 23.5. The smallest absolute Gasteiger partial charge is 0.331 e. The average Bonchev–Trinajstić information content (AvgIpc) is 3.13. The average molecular weight is 355 g/mol. The molecule has 1 heterocycles. The molecule has 1 aliphatic rings. The molecular weight excluding hydrogens is 338 g/mol. The summed E-state index contributed by atoms with van der Waals surface area (Å²) >= 11 is 0. The molecule has 2 aromatic rings. The van der Waals surface area contributed by atoms with Crippen molar-refractivity contribution in [3.05, 3.63) is 54.1 Å². The molecule has 0 atom stereocenters. The fourth-order valence-electron chi connectivity index (χ4n) is 2.24. The van der Waals surface area contributed by atoms with Crippen LogP contribution in [0.2, 0.25) is 0 Å². The number of rotatable bonds is 6. The number of carbonyl (C=O) groups excluding carboxylic acids is 2. The van der Waals surface area contributed by atoms with E-state index in [1.54, 1.807) is 55.7 Å². The first-order chi connectivity index (χ1) is 12.6. The number of anilines is 1. The molecule has 0 saturated carbocycles. The molecule has 0 aliphatic carbocycles. The number of amides is 1. The predicted octanol–water partition coefficient (Wildman–Crippen LogP) is 2.62. The largest absolute Gasteiger partial charge is 0.497 e. The number of carbonyl (C=O) groups is 2. The summed E-state index contributed by atoms with van der Waals surface area (Å²) in [6.07, 6.45) is 2.82. The third-order valence-electron chi connectivity index (χ3n) is 3.53. The van der Waals surface area contributed by atoms with Gasteiger partial charge >= 0.3 is 5.97 Å². The van der Waals surface area contributed by atoms with Crippen molar-refractivity contribution < 1.29 is 28.5 Å². The summed E-state index contributed by atoms with van der Waals surface area (Å²) in [5.74, 6) is 0.926. The van der Waals surface area contributed by atoms with Crippen LogP contribution in [0.4, 0.5) is 5.69 Å². The lowest BCUT2D eigenvalue weighted by Crippen LogP contribution is -2.20. The minimum atomic E-state index is -0.618. The first kappa shape index (κ1) is 17.3. The Balaban J connectivity index is 1.46. The van der Waals surface area contributed by atoms with Crippen LogP contribution in [0.25, 0.3) is 6.08 Å². The number of esters is 1. The zero-order valence-electron chi connectivity index (χ0n) is 14.1. The second-order valence-corrected chi connectivity index (χ2v) is 5.33. The maximum Gasteiger partial charge on any atom is 0.331 e. The van der Waals surface area contributed by atoms with E-state index in [1.165, 1.54) is 6.08 Å². The molecule has 3 rings (SSSR count). The molecule has 0 spiro atoms. The van der Waals surface area contributed by atoms with Gasteiger partial charge < -0.3 is 24.3 Å². The second-order valence-electron chi connectivity index (χ2n) is 5.33. The number of fused-ring (bicyclic) bond motifs is 1. The van der Waals surface area contributed by atoms with Crippen LogP contribution >= 0.6 is 0 Å². The molecule has 0 radical (unpaired) electrons. The molecular formula is C19H17NO6. The minimum absolute atomic E-state index is 0.188. The fraction of sp³-hybridized carbons (Fsp3) is 0.158. The van der Waals surface area contributed by atoms with Gasteiger partial charge in [0.25, 0.3) is 5.91 Å². The van der Waals surface area contributed by atoms with Crippen LogP contribution in [0.1, 0.15) is 5.56 Å². The van der Waals surface area contributed by atoms with Gasteiger partial charge in [-0.05, 0) is 48.0 Å². The van der Waals surface area contributed by atoms with Gasteiger partial charge in [-0.1, -0.05) is 6.07 Å². The molecule has 0 unspecified atom stereocenters. The Kier molecular flexibility index (Phi) is 5.38. The lowest BCUT2D eigenvalue weighted by atomic mass is 10.2. The van der Waals surface area contributed by atoms with E-state index in [0.717, 1.165) is 5.56 Å². The lowest BCUT2D eigenvalue weighted by Gasteiger charge is -2.06. The van der Waals surface area contributed by atoms with E-state index in [0.29, 0.717) is 22.9 Å². The molecule has 7 heteroatoms. The molecule has 1 N–H and O–H groups in total. The highest BCUT2D eigenvalue weighted by atomic mass is 16.7. The summed E-state index contributed by atoms with van der Waals surface area (Å²) in [6, 6.07) is 12.1. The number of hydrogen-bond donors (Lipinski definition) is 1. The van der Waals surface area contributed by atoms with Gasteiger partial charge in [-0.25, -0.2) is 4.79 Å². The topological polar surface area (TPSA) is 83.1 Å². The number of hydrogen-bond acceptors (Lipinski definition) is 6. The van der Waals surface area contributed by atoms with Crippen molar-refractivity contribution >= 4 is 23.6 Å². The van der Waals surface area contributed by atoms with Crippen LogP contribution in [0.3, 0.4) is 0 Å².